The van der Waals surface area contributed by atoms with Crippen molar-refractivity contribution in [2.24, 2.45) is 5.92 Å². The van der Waals surface area contributed by atoms with E-state index in [0.717, 1.165) is 25.7 Å². The maximum atomic E-state index is 12.0. The highest BCUT2D eigenvalue weighted by atomic mass is 16.4. The van der Waals surface area contributed by atoms with E-state index in [0.29, 0.717) is 10.9 Å². The van der Waals surface area contributed by atoms with Crippen LogP contribution >= 0.6 is 0 Å². The second kappa shape index (κ2) is 9.08. The molecule has 0 spiro atoms. The van der Waals surface area contributed by atoms with Gasteiger partial charge in [0.15, 0.2) is 0 Å². The number of aliphatic carboxylic acids is 1. The number of rotatable bonds is 11. The molecule has 2 unspecified atom stereocenters. The van der Waals surface area contributed by atoms with Crippen molar-refractivity contribution < 1.29 is 24.3 Å². The smallest absolute Gasteiger partial charge is 0.144 e. The van der Waals surface area contributed by atoms with E-state index in [1.807, 2.05) is 21.1 Å². The van der Waals surface area contributed by atoms with Gasteiger partial charge in [-0.2, -0.15) is 0 Å². The van der Waals surface area contributed by atoms with Crippen LogP contribution < -0.4 is 5.11 Å². The van der Waals surface area contributed by atoms with Gasteiger partial charge < -0.3 is 19.5 Å². The zero-order chi connectivity index (χ0) is 15.8. The highest BCUT2D eigenvalue weighted by molar-refractivity contribution is 5.98. The number of carboxylic acids is 1. The first-order valence-corrected chi connectivity index (χ1v) is 7.41. The molecule has 0 heterocycles. The minimum absolute atomic E-state index is 0.205. The highest BCUT2D eigenvalue weighted by Gasteiger charge is 2.31. The van der Waals surface area contributed by atoms with E-state index in [2.05, 4.69) is 6.92 Å². The topological polar surface area (TPSA) is 77.4 Å². The number of hydrogen-bond donors (Lipinski definition) is 1. The second-order valence-corrected chi connectivity index (χ2v) is 6.47. The molecule has 0 amide bonds. The van der Waals surface area contributed by atoms with Gasteiger partial charge in [-0.3, -0.25) is 4.79 Å². The van der Waals surface area contributed by atoms with Crippen LogP contribution in [0.25, 0.3) is 0 Å². The lowest BCUT2D eigenvalue weighted by Gasteiger charge is -2.30. The number of aliphatic hydroxyl groups is 1. The summed E-state index contributed by atoms with van der Waals surface area (Å²) in [4.78, 5) is 23.1. The molecule has 0 aliphatic rings. The van der Waals surface area contributed by atoms with Crippen molar-refractivity contribution in [1.29, 1.82) is 0 Å². The van der Waals surface area contributed by atoms with Crippen molar-refractivity contribution in [2.45, 2.75) is 51.6 Å². The molecule has 1 N–H and O–H groups in total. The lowest BCUT2D eigenvalue weighted by molar-refractivity contribution is -0.873. The van der Waals surface area contributed by atoms with Gasteiger partial charge in [-0.1, -0.05) is 32.6 Å². The molecule has 5 heteroatoms. The maximum Gasteiger partial charge on any atom is 0.144 e. The van der Waals surface area contributed by atoms with Gasteiger partial charge in [0.1, 0.15) is 18.4 Å². The Balaban J connectivity index is 4.37. The van der Waals surface area contributed by atoms with Crippen LogP contribution in [0.5, 0.6) is 0 Å². The van der Waals surface area contributed by atoms with Gasteiger partial charge in [0, 0.05) is 6.42 Å². The normalized spacial score (nSPS) is 14.8. The third kappa shape index (κ3) is 8.27. The minimum atomic E-state index is -1.47. The summed E-state index contributed by atoms with van der Waals surface area (Å²) in [6, 6.07) is 0. The van der Waals surface area contributed by atoms with Gasteiger partial charge in [-0.05, 0) is 6.42 Å². The summed E-state index contributed by atoms with van der Waals surface area (Å²) < 4.78 is 0.398. The molecule has 0 saturated carbocycles. The maximum absolute atomic E-state index is 12.0. The fourth-order valence-corrected chi connectivity index (χ4v) is 2.23. The fourth-order valence-electron chi connectivity index (χ4n) is 2.23. The average molecular weight is 287 g/mol. The molecule has 0 aromatic carbocycles. The summed E-state index contributed by atoms with van der Waals surface area (Å²) >= 11 is 0. The number of hydrogen-bond acceptors (Lipinski definition) is 4. The van der Waals surface area contributed by atoms with E-state index < -0.39 is 23.8 Å². The first-order valence-electron chi connectivity index (χ1n) is 7.41. The lowest BCUT2D eigenvalue weighted by Crippen LogP contribution is -2.51. The number of carboxylic acid groups (broad SMARTS) is 1. The number of ketones is 1. The molecule has 0 radical (unpaired) electrons. The second-order valence-electron chi connectivity index (χ2n) is 6.47. The van der Waals surface area contributed by atoms with E-state index in [1.54, 1.807) is 0 Å². The molecular weight excluding hydrogens is 258 g/mol. The van der Waals surface area contributed by atoms with Gasteiger partial charge in [0.05, 0.1) is 33.0 Å². The Hall–Kier alpha value is -0.940. The minimum Gasteiger partial charge on any atom is -0.549 e. The van der Waals surface area contributed by atoms with Crippen LogP contribution in [0, 0.1) is 5.92 Å². The monoisotopic (exact) mass is 287 g/mol. The van der Waals surface area contributed by atoms with Crippen LogP contribution in [0.4, 0.5) is 0 Å². The summed E-state index contributed by atoms with van der Waals surface area (Å²) in [6.07, 6.45) is 3.92. The van der Waals surface area contributed by atoms with Gasteiger partial charge in [-0.15, -0.1) is 0 Å². The standard InChI is InChI=1S/C15H29NO4/c1-5-6-7-8-9-10-12(17)14(15(19)20)13(18)11-16(2,3)4/h13-14,18H,5-11H2,1-4H3. The fraction of sp³-hybridized carbons (Fsp3) is 0.867. The number of carbonyl (C=O) groups is 2. The Kier molecular flexibility index (Phi) is 8.65. The first kappa shape index (κ1) is 19.1. The molecule has 0 aromatic rings. The summed E-state index contributed by atoms with van der Waals surface area (Å²) in [6.45, 7) is 2.32. The molecule has 118 valence electrons. The quantitative estimate of drug-likeness (QED) is 0.338. The Labute approximate surface area is 122 Å². The molecule has 0 aliphatic carbocycles. The molecule has 5 nitrogen and oxygen atoms in total. The van der Waals surface area contributed by atoms with Crippen LogP contribution in [-0.4, -0.2) is 55.1 Å². The largest absolute Gasteiger partial charge is 0.549 e. The van der Waals surface area contributed by atoms with Gasteiger partial charge in [0.2, 0.25) is 0 Å². The number of carbonyl (C=O) groups excluding carboxylic acids is 2. The van der Waals surface area contributed by atoms with Gasteiger partial charge >= 0.3 is 0 Å². The van der Waals surface area contributed by atoms with Crippen molar-refractivity contribution >= 4 is 11.8 Å². The van der Waals surface area contributed by atoms with Crippen molar-refractivity contribution in [3.05, 3.63) is 0 Å². The molecule has 0 fully saturated rings. The molecule has 0 bridgehead atoms. The van der Waals surface area contributed by atoms with E-state index in [1.165, 1.54) is 0 Å². The van der Waals surface area contributed by atoms with Crippen molar-refractivity contribution in [3.63, 3.8) is 0 Å². The zero-order valence-corrected chi connectivity index (χ0v) is 13.2. The van der Waals surface area contributed by atoms with Gasteiger partial charge in [0.25, 0.3) is 0 Å². The zero-order valence-electron chi connectivity index (χ0n) is 13.2. The van der Waals surface area contributed by atoms with Crippen LogP contribution in [0.15, 0.2) is 0 Å². The van der Waals surface area contributed by atoms with E-state index in [-0.39, 0.29) is 13.0 Å². The lowest BCUT2D eigenvalue weighted by atomic mass is 9.93. The Morgan fingerprint density at radius 1 is 1.10 bits per heavy atom. The predicted octanol–water partition coefficient (Wildman–Crippen LogP) is 0.349. The molecule has 20 heavy (non-hydrogen) atoms. The number of quaternary nitrogens is 1. The molecular formula is C15H29NO4. The Morgan fingerprint density at radius 2 is 1.65 bits per heavy atom. The average Bonchev–Trinajstić information content (AvgIpc) is 2.25. The summed E-state index contributed by atoms with van der Waals surface area (Å²) in [7, 11) is 5.51. The number of aliphatic hydroxyl groups excluding tert-OH is 1. The SMILES string of the molecule is CCCCCCCC(=O)C(C(=O)[O-])C(O)C[N+](C)(C)C. The van der Waals surface area contributed by atoms with Crippen molar-refractivity contribution in [3.8, 4) is 0 Å². The van der Waals surface area contributed by atoms with Crippen LogP contribution in [0.2, 0.25) is 0 Å². The Morgan fingerprint density at radius 3 is 2.10 bits per heavy atom. The van der Waals surface area contributed by atoms with Gasteiger partial charge in [-0.25, -0.2) is 0 Å². The predicted molar refractivity (Wildman–Crippen MR) is 75.8 cm³/mol. The van der Waals surface area contributed by atoms with E-state index >= 15 is 0 Å². The van der Waals surface area contributed by atoms with Crippen LogP contribution in [-0.2, 0) is 9.59 Å². The summed E-state index contributed by atoms with van der Waals surface area (Å²) in [5, 5.41) is 21.1. The molecule has 2 atom stereocenters. The molecule has 0 aliphatic heterocycles. The molecule has 0 rings (SSSR count). The first-order chi connectivity index (χ1) is 9.19. The number of unbranched alkanes of at least 4 members (excludes halogenated alkanes) is 4. The van der Waals surface area contributed by atoms with E-state index in [9.17, 15) is 19.8 Å². The number of nitrogens with zero attached hydrogens (tertiary/aromatic N) is 1. The highest BCUT2D eigenvalue weighted by Crippen LogP contribution is 2.14. The Bertz CT molecular complexity index is 309. The number of likely N-dealkylation sites (N-methyl/N-ethyl adjacent to an activating group) is 1. The number of Topliss-reactive ketones (excluding diaryl/α,β-unsaturated/α-hetero) is 1. The van der Waals surface area contributed by atoms with Crippen molar-refractivity contribution in [1.82, 2.24) is 0 Å². The summed E-state index contributed by atoms with van der Waals surface area (Å²) in [5.41, 5.74) is 0. The molecule has 0 aromatic heterocycles. The molecule has 0 saturated heterocycles. The van der Waals surface area contributed by atoms with Crippen molar-refractivity contribution in [2.75, 3.05) is 27.7 Å². The van der Waals surface area contributed by atoms with Crippen LogP contribution in [0.3, 0.4) is 0 Å². The van der Waals surface area contributed by atoms with E-state index in [4.69, 9.17) is 0 Å². The van der Waals surface area contributed by atoms with Crippen LogP contribution in [0.1, 0.15) is 45.4 Å². The third-order valence-corrected chi connectivity index (χ3v) is 3.25. The third-order valence-electron chi connectivity index (χ3n) is 3.25. The summed E-state index contributed by atoms with van der Waals surface area (Å²) in [5.74, 6) is -3.29.